The van der Waals surface area contributed by atoms with Crippen LogP contribution in [0, 0.1) is 0 Å². The van der Waals surface area contributed by atoms with Crippen LogP contribution in [-0.2, 0) is 19.0 Å². The van der Waals surface area contributed by atoms with Crippen LogP contribution in [0.15, 0.2) is 0 Å². The van der Waals surface area contributed by atoms with E-state index in [1.54, 1.807) is 0 Å². The van der Waals surface area contributed by atoms with Crippen LogP contribution in [0.3, 0.4) is 0 Å². The van der Waals surface area contributed by atoms with Crippen molar-refractivity contribution in [3.63, 3.8) is 0 Å². The molecule has 1 N–H and O–H groups in total. The number of ether oxygens (including phenoxy) is 3. The van der Waals surface area contributed by atoms with E-state index in [-0.39, 0.29) is 12.8 Å². The second-order valence-electron chi connectivity index (χ2n) is 4.49. The van der Waals surface area contributed by atoms with Crippen molar-refractivity contribution in [2.75, 3.05) is 13.2 Å². The SMILES string of the molecule is CC(C)(C)OC1(CCC(=O)O)OCCO1. The van der Waals surface area contributed by atoms with Gasteiger partial charge in [0, 0.05) is 6.42 Å². The predicted molar refractivity (Wildman–Crippen MR) is 52.3 cm³/mol. The number of rotatable bonds is 4. The van der Waals surface area contributed by atoms with Crippen LogP contribution in [-0.4, -0.2) is 35.9 Å². The number of hydrogen-bond donors (Lipinski definition) is 1. The zero-order chi connectivity index (χ0) is 11.5. The Bertz CT molecular complexity index is 224. The van der Waals surface area contributed by atoms with Gasteiger partial charge in [0.1, 0.15) is 0 Å². The molecule has 0 spiro atoms. The summed E-state index contributed by atoms with van der Waals surface area (Å²) in [4.78, 5) is 10.5. The van der Waals surface area contributed by atoms with E-state index in [1.165, 1.54) is 0 Å². The highest BCUT2D eigenvalue weighted by Crippen LogP contribution is 2.31. The second-order valence-corrected chi connectivity index (χ2v) is 4.49. The minimum absolute atomic E-state index is 0.0317. The maximum absolute atomic E-state index is 10.5. The topological polar surface area (TPSA) is 65.0 Å². The monoisotopic (exact) mass is 218 g/mol. The molecule has 1 heterocycles. The van der Waals surface area contributed by atoms with Crippen LogP contribution in [0.2, 0.25) is 0 Å². The van der Waals surface area contributed by atoms with Gasteiger partial charge in [0.2, 0.25) is 0 Å². The first-order valence-electron chi connectivity index (χ1n) is 5.03. The molecule has 0 atom stereocenters. The van der Waals surface area contributed by atoms with Gasteiger partial charge in [-0.1, -0.05) is 0 Å². The summed E-state index contributed by atoms with van der Waals surface area (Å²) >= 11 is 0. The Morgan fingerprint density at radius 3 is 2.33 bits per heavy atom. The average Bonchev–Trinajstić information content (AvgIpc) is 2.47. The summed E-state index contributed by atoms with van der Waals surface area (Å²) in [5.74, 6) is -2.05. The van der Waals surface area contributed by atoms with Crippen molar-refractivity contribution < 1.29 is 24.1 Å². The Morgan fingerprint density at radius 2 is 1.93 bits per heavy atom. The van der Waals surface area contributed by atoms with Crippen molar-refractivity contribution in [3.05, 3.63) is 0 Å². The Labute approximate surface area is 89.3 Å². The van der Waals surface area contributed by atoms with E-state index >= 15 is 0 Å². The highest BCUT2D eigenvalue weighted by Gasteiger charge is 2.41. The van der Waals surface area contributed by atoms with Gasteiger partial charge in [-0.15, -0.1) is 0 Å². The number of carboxylic acids is 1. The third-order valence-corrected chi connectivity index (χ3v) is 1.83. The molecule has 88 valence electrons. The van der Waals surface area contributed by atoms with E-state index < -0.39 is 17.5 Å². The lowest BCUT2D eigenvalue weighted by Crippen LogP contribution is -2.41. The van der Waals surface area contributed by atoms with Gasteiger partial charge >= 0.3 is 5.97 Å². The van der Waals surface area contributed by atoms with Gasteiger partial charge < -0.3 is 19.3 Å². The fourth-order valence-electron chi connectivity index (χ4n) is 1.42. The molecular formula is C10H18O5. The summed E-state index contributed by atoms with van der Waals surface area (Å²) in [6.45, 7) is 6.51. The highest BCUT2D eigenvalue weighted by molar-refractivity contribution is 5.66. The lowest BCUT2D eigenvalue weighted by Gasteiger charge is -2.33. The molecule has 1 rings (SSSR count). The van der Waals surface area contributed by atoms with Gasteiger partial charge in [0.25, 0.3) is 5.97 Å². The smallest absolute Gasteiger partial charge is 0.303 e. The quantitative estimate of drug-likeness (QED) is 0.772. The van der Waals surface area contributed by atoms with E-state index in [2.05, 4.69) is 0 Å². The Hall–Kier alpha value is -0.650. The molecule has 0 aromatic carbocycles. The third-order valence-electron chi connectivity index (χ3n) is 1.83. The van der Waals surface area contributed by atoms with E-state index in [0.717, 1.165) is 0 Å². The van der Waals surface area contributed by atoms with E-state index in [0.29, 0.717) is 13.2 Å². The standard InChI is InChI=1S/C10H18O5/c1-9(2,3)15-10(5-4-8(11)12)13-6-7-14-10/h4-7H2,1-3H3,(H,11,12). The van der Waals surface area contributed by atoms with Crippen molar-refractivity contribution in [2.24, 2.45) is 0 Å². The largest absolute Gasteiger partial charge is 0.481 e. The molecule has 0 unspecified atom stereocenters. The van der Waals surface area contributed by atoms with E-state index in [9.17, 15) is 4.79 Å². The molecule has 1 saturated heterocycles. The summed E-state index contributed by atoms with van der Waals surface area (Å²) in [5.41, 5.74) is -0.428. The lowest BCUT2D eigenvalue weighted by molar-refractivity contribution is -0.364. The van der Waals surface area contributed by atoms with Crippen LogP contribution in [0.4, 0.5) is 0 Å². The van der Waals surface area contributed by atoms with Crippen LogP contribution >= 0.6 is 0 Å². The van der Waals surface area contributed by atoms with E-state index in [4.69, 9.17) is 19.3 Å². The normalized spacial score (nSPS) is 20.5. The zero-order valence-corrected chi connectivity index (χ0v) is 9.41. The molecule has 0 aliphatic carbocycles. The van der Waals surface area contributed by atoms with Crippen molar-refractivity contribution >= 4 is 5.97 Å². The predicted octanol–water partition coefficient (Wildman–Crippen LogP) is 1.37. The Kier molecular flexibility index (Phi) is 3.70. The second kappa shape index (κ2) is 4.47. The van der Waals surface area contributed by atoms with Crippen molar-refractivity contribution in [2.45, 2.75) is 45.2 Å². The molecule has 5 nitrogen and oxygen atoms in total. The number of carbonyl (C=O) groups is 1. The minimum atomic E-state index is -1.17. The first kappa shape index (κ1) is 12.4. The maximum Gasteiger partial charge on any atom is 0.303 e. The highest BCUT2D eigenvalue weighted by atomic mass is 16.9. The molecule has 0 saturated carbocycles. The summed E-state index contributed by atoms with van der Waals surface area (Å²) in [7, 11) is 0. The van der Waals surface area contributed by atoms with Crippen molar-refractivity contribution in [1.82, 2.24) is 0 Å². The van der Waals surface area contributed by atoms with Crippen LogP contribution < -0.4 is 0 Å². The summed E-state index contributed by atoms with van der Waals surface area (Å²) in [6.07, 6.45) is 0.176. The molecule has 1 fully saturated rings. The molecule has 1 aliphatic heterocycles. The zero-order valence-electron chi connectivity index (χ0n) is 9.41. The fourth-order valence-corrected chi connectivity index (χ4v) is 1.42. The van der Waals surface area contributed by atoms with Crippen molar-refractivity contribution in [1.29, 1.82) is 0 Å². The van der Waals surface area contributed by atoms with Crippen LogP contribution in [0.5, 0.6) is 0 Å². The first-order chi connectivity index (χ1) is 6.83. The van der Waals surface area contributed by atoms with Crippen LogP contribution in [0.25, 0.3) is 0 Å². The van der Waals surface area contributed by atoms with Crippen LogP contribution in [0.1, 0.15) is 33.6 Å². The summed E-state index contributed by atoms with van der Waals surface area (Å²) < 4.78 is 16.3. The average molecular weight is 218 g/mol. The number of carboxylic acid groups (broad SMARTS) is 1. The van der Waals surface area contributed by atoms with Gasteiger partial charge in [-0.25, -0.2) is 0 Å². The number of aliphatic carboxylic acids is 1. The summed E-state index contributed by atoms with van der Waals surface area (Å²) in [5, 5.41) is 8.62. The molecule has 0 aromatic heterocycles. The van der Waals surface area contributed by atoms with Gasteiger partial charge in [-0.3, -0.25) is 4.79 Å². The Morgan fingerprint density at radius 1 is 1.40 bits per heavy atom. The maximum atomic E-state index is 10.5. The first-order valence-corrected chi connectivity index (χ1v) is 5.03. The molecule has 0 radical (unpaired) electrons. The van der Waals surface area contributed by atoms with Gasteiger partial charge in [-0.2, -0.15) is 0 Å². The van der Waals surface area contributed by atoms with Gasteiger partial charge in [-0.05, 0) is 20.8 Å². The molecule has 15 heavy (non-hydrogen) atoms. The minimum Gasteiger partial charge on any atom is -0.481 e. The molecule has 5 heteroatoms. The molecule has 1 aliphatic rings. The fraction of sp³-hybridized carbons (Fsp3) is 0.900. The van der Waals surface area contributed by atoms with Gasteiger partial charge in [0.15, 0.2) is 0 Å². The number of hydrogen-bond acceptors (Lipinski definition) is 4. The third kappa shape index (κ3) is 4.15. The lowest BCUT2D eigenvalue weighted by atomic mass is 10.2. The van der Waals surface area contributed by atoms with Gasteiger partial charge in [0.05, 0.1) is 25.2 Å². The molecule has 0 amide bonds. The summed E-state index contributed by atoms with van der Waals surface area (Å²) in [6, 6.07) is 0. The molecule has 0 bridgehead atoms. The van der Waals surface area contributed by atoms with E-state index in [1.807, 2.05) is 20.8 Å². The molecule has 0 aromatic rings. The van der Waals surface area contributed by atoms with Crippen molar-refractivity contribution in [3.8, 4) is 0 Å². The Balaban J connectivity index is 2.58. The molecular weight excluding hydrogens is 200 g/mol.